The van der Waals surface area contributed by atoms with Crippen LogP contribution in [-0.4, -0.2) is 16.3 Å². The standard InChI is InChI=1S/C20H29N3/c1-4-5-12-18-17-11-8-9-14-21-20(17)23(22-18)19-13-7-6-10-16(19)15(2)3/h6-7,10,13,15,21H,4-5,8-9,11-12,14H2,1-3H3. The number of para-hydroxylation sites is 1. The number of benzene rings is 1. The normalized spacial score (nSPS) is 14.4. The molecule has 0 amide bonds. The molecular formula is C20H29N3. The first-order chi connectivity index (χ1) is 11.2. The van der Waals surface area contributed by atoms with E-state index in [4.69, 9.17) is 5.10 Å². The zero-order chi connectivity index (χ0) is 16.2. The molecule has 0 radical (unpaired) electrons. The lowest BCUT2D eigenvalue weighted by atomic mass is 10.0. The Kier molecular flexibility index (Phi) is 5.04. The van der Waals surface area contributed by atoms with E-state index in [9.17, 15) is 0 Å². The van der Waals surface area contributed by atoms with Crippen LogP contribution >= 0.6 is 0 Å². The van der Waals surface area contributed by atoms with Crippen molar-refractivity contribution in [2.45, 2.75) is 65.2 Å². The van der Waals surface area contributed by atoms with Crippen molar-refractivity contribution in [3.63, 3.8) is 0 Å². The second-order valence-electron chi connectivity index (χ2n) is 6.89. The van der Waals surface area contributed by atoms with Crippen molar-refractivity contribution in [2.75, 3.05) is 11.9 Å². The van der Waals surface area contributed by atoms with Gasteiger partial charge in [-0.15, -0.1) is 0 Å². The number of nitrogens with zero attached hydrogens (tertiary/aromatic N) is 2. The van der Waals surface area contributed by atoms with Crippen molar-refractivity contribution in [3.05, 3.63) is 41.1 Å². The summed E-state index contributed by atoms with van der Waals surface area (Å²) in [5, 5.41) is 8.69. The van der Waals surface area contributed by atoms with E-state index in [1.54, 1.807) is 0 Å². The minimum atomic E-state index is 0.496. The molecule has 1 aliphatic heterocycles. The van der Waals surface area contributed by atoms with Crippen molar-refractivity contribution in [1.82, 2.24) is 9.78 Å². The van der Waals surface area contributed by atoms with Crippen molar-refractivity contribution < 1.29 is 0 Å². The van der Waals surface area contributed by atoms with E-state index in [0.29, 0.717) is 5.92 Å². The highest BCUT2D eigenvalue weighted by Gasteiger charge is 2.21. The maximum atomic E-state index is 5.04. The number of aromatic nitrogens is 2. The van der Waals surface area contributed by atoms with Crippen LogP contribution in [0.15, 0.2) is 24.3 Å². The summed E-state index contributed by atoms with van der Waals surface area (Å²) < 4.78 is 2.18. The maximum Gasteiger partial charge on any atom is 0.133 e. The topological polar surface area (TPSA) is 29.9 Å². The van der Waals surface area contributed by atoms with Gasteiger partial charge in [-0.2, -0.15) is 5.10 Å². The van der Waals surface area contributed by atoms with E-state index < -0.39 is 0 Å². The van der Waals surface area contributed by atoms with Crippen LogP contribution in [0.5, 0.6) is 0 Å². The summed E-state index contributed by atoms with van der Waals surface area (Å²) in [6, 6.07) is 8.69. The Morgan fingerprint density at radius 1 is 1.22 bits per heavy atom. The summed E-state index contributed by atoms with van der Waals surface area (Å²) in [5.74, 6) is 1.73. The van der Waals surface area contributed by atoms with Crippen LogP contribution in [0.4, 0.5) is 5.82 Å². The van der Waals surface area contributed by atoms with Gasteiger partial charge in [0.2, 0.25) is 0 Å². The summed E-state index contributed by atoms with van der Waals surface area (Å²) in [5.41, 5.74) is 5.35. The number of aryl methyl sites for hydroxylation is 1. The van der Waals surface area contributed by atoms with Gasteiger partial charge in [-0.25, -0.2) is 4.68 Å². The molecule has 1 aromatic heterocycles. The first-order valence-electron chi connectivity index (χ1n) is 9.16. The summed E-state index contributed by atoms with van der Waals surface area (Å²) in [7, 11) is 0. The Labute approximate surface area is 140 Å². The molecule has 0 fully saturated rings. The molecule has 0 saturated carbocycles. The Bertz CT molecular complexity index is 655. The van der Waals surface area contributed by atoms with E-state index in [0.717, 1.165) is 19.4 Å². The maximum absolute atomic E-state index is 5.04. The Hall–Kier alpha value is -1.77. The molecule has 1 aromatic carbocycles. The van der Waals surface area contributed by atoms with Crippen LogP contribution in [0.3, 0.4) is 0 Å². The minimum Gasteiger partial charge on any atom is -0.370 e. The highest BCUT2D eigenvalue weighted by Crippen LogP contribution is 2.31. The second kappa shape index (κ2) is 7.20. The fourth-order valence-corrected chi connectivity index (χ4v) is 3.46. The Balaban J connectivity index is 2.10. The van der Waals surface area contributed by atoms with Crippen LogP contribution in [0.2, 0.25) is 0 Å². The summed E-state index contributed by atoms with van der Waals surface area (Å²) >= 11 is 0. The average molecular weight is 311 g/mol. The van der Waals surface area contributed by atoms with Crippen LogP contribution in [0.1, 0.15) is 69.2 Å². The zero-order valence-corrected chi connectivity index (χ0v) is 14.7. The molecule has 3 rings (SSSR count). The number of fused-ring (bicyclic) bond motifs is 1. The van der Waals surface area contributed by atoms with Crippen molar-refractivity contribution >= 4 is 5.82 Å². The molecule has 0 atom stereocenters. The van der Waals surface area contributed by atoms with Gasteiger partial charge in [0.1, 0.15) is 5.82 Å². The first kappa shape index (κ1) is 16.1. The lowest BCUT2D eigenvalue weighted by Crippen LogP contribution is -2.09. The predicted molar refractivity (Wildman–Crippen MR) is 97.7 cm³/mol. The third-order valence-corrected chi connectivity index (χ3v) is 4.77. The van der Waals surface area contributed by atoms with Crippen LogP contribution in [-0.2, 0) is 12.8 Å². The molecule has 2 aromatic rings. The molecule has 1 N–H and O–H groups in total. The lowest BCUT2D eigenvalue weighted by molar-refractivity contribution is 0.724. The molecular weight excluding hydrogens is 282 g/mol. The van der Waals surface area contributed by atoms with Gasteiger partial charge in [0.15, 0.2) is 0 Å². The molecule has 23 heavy (non-hydrogen) atoms. The number of rotatable bonds is 5. The number of nitrogens with one attached hydrogen (secondary N) is 1. The molecule has 0 spiro atoms. The highest BCUT2D eigenvalue weighted by atomic mass is 15.3. The van der Waals surface area contributed by atoms with Crippen molar-refractivity contribution in [3.8, 4) is 5.69 Å². The van der Waals surface area contributed by atoms with Gasteiger partial charge in [0.25, 0.3) is 0 Å². The van der Waals surface area contributed by atoms with E-state index in [1.165, 1.54) is 54.0 Å². The van der Waals surface area contributed by atoms with E-state index >= 15 is 0 Å². The summed E-state index contributed by atoms with van der Waals surface area (Å²) in [6.07, 6.45) is 7.19. The van der Waals surface area contributed by atoms with Crippen LogP contribution < -0.4 is 5.32 Å². The molecule has 124 valence electrons. The third-order valence-electron chi connectivity index (χ3n) is 4.77. The van der Waals surface area contributed by atoms with E-state index in [-0.39, 0.29) is 0 Å². The summed E-state index contributed by atoms with van der Waals surface area (Å²) in [4.78, 5) is 0. The van der Waals surface area contributed by atoms with Crippen molar-refractivity contribution in [1.29, 1.82) is 0 Å². The molecule has 0 saturated heterocycles. The fraction of sp³-hybridized carbons (Fsp3) is 0.550. The van der Waals surface area contributed by atoms with Gasteiger partial charge in [0, 0.05) is 12.1 Å². The zero-order valence-electron chi connectivity index (χ0n) is 14.7. The fourth-order valence-electron chi connectivity index (χ4n) is 3.46. The monoisotopic (exact) mass is 311 g/mol. The molecule has 3 nitrogen and oxygen atoms in total. The first-order valence-corrected chi connectivity index (χ1v) is 9.16. The van der Waals surface area contributed by atoms with E-state index in [2.05, 4.69) is 55.0 Å². The van der Waals surface area contributed by atoms with Crippen LogP contribution in [0.25, 0.3) is 5.69 Å². The number of unbranched alkanes of at least 4 members (excludes halogenated alkanes) is 1. The number of hydrogen-bond acceptors (Lipinski definition) is 2. The van der Waals surface area contributed by atoms with Gasteiger partial charge in [-0.05, 0) is 49.7 Å². The SMILES string of the molecule is CCCCc1nn(-c2ccccc2C(C)C)c2c1CCCCN2. The van der Waals surface area contributed by atoms with Gasteiger partial charge in [-0.3, -0.25) is 0 Å². The van der Waals surface area contributed by atoms with E-state index in [1.807, 2.05) is 0 Å². The van der Waals surface area contributed by atoms with Crippen molar-refractivity contribution in [2.24, 2.45) is 0 Å². The molecule has 3 heteroatoms. The smallest absolute Gasteiger partial charge is 0.133 e. The van der Waals surface area contributed by atoms with Crippen LogP contribution in [0, 0.1) is 0 Å². The highest BCUT2D eigenvalue weighted by molar-refractivity contribution is 5.56. The van der Waals surface area contributed by atoms with Gasteiger partial charge in [-0.1, -0.05) is 45.4 Å². The average Bonchev–Trinajstić information content (AvgIpc) is 2.73. The summed E-state index contributed by atoms with van der Waals surface area (Å²) in [6.45, 7) is 7.82. The minimum absolute atomic E-state index is 0.496. The third kappa shape index (κ3) is 3.29. The van der Waals surface area contributed by atoms with Gasteiger partial charge < -0.3 is 5.32 Å². The predicted octanol–water partition coefficient (Wildman–Crippen LogP) is 5.09. The molecule has 0 aliphatic carbocycles. The largest absolute Gasteiger partial charge is 0.370 e. The second-order valence-corrected chi connectivity index (χ2v) is 6.89. The number of anilines is 1. The quantitative estimate of drug-likeness (QED) is 0.834. The Morgan fingerprint density at radius 2 is 2.04 bits per heavy atom. The molecule has 0 bridgehead atoms. The molecule has 2 heterocycles. The van der Waals surface area contributed by atoms with Gasteiger partial charge in [0.05, 0.1) is 11.4 Å². The molecule has 1 aliphatic rings. The van der Waals surface area contributed by atoms with Gasteiger partial charge >= 0.3 is 0 Å². The Morgan fingerprint density at radius 3 is 2.83 bits per heavy atom. The number of hydrogen-bond donors (Lipinski definition) is 1. The lowest BCUT2D eigenvalue weighted by Gasteiger charge is -2.15. The molecule has 0 unspecified atom stereocenters.